The van der Waals surface area contributed by atoms with Gasteiger partial charge in [0.15, 0.2) is 0 Å². The van der Waals surface area contributed by atoms with Crippen LogP contribution in [0.15, 0.2) is 0 Å². The quantitative estimate of drug-likeness (QED) is 0.584. The molecule has 0 aliphatic heterocycles. The third-order valence-electron chi connectivity index (χ3n) is 0.423. The first kappa shape index (κ1) is 6.37. The van der Waals surface area contributed by atoms with Gasteiger partial charge in [0.05, 0.1) is 0 Å². The minimum atomic E-state index is -0.870. The molecule has 0 saturated heterocycles. The normalized spacial score (nSPS) is 14.5. The molecule has 0 saturated carbocycles. The van der Waals surface area contributed by atoms with E-state index in [9.17, 15) is 4.39 Å². The van der Waals surface area contributed by atoms with Crippen molar-refractivity contribution < 1.29 is 4.39 Å². The first-order valence-electron chi connectivity index (χ1n) is 1.71. The van der Waals surface area contributed by atoms with Crippen LogP contribution in [0.3, 0.4) is 0 Å². The van der Waals surface area contributed by atoms with Gasteiger partial charge in [-0.25, -0.2) is 4.39 Å². The fourth-order valence-electron chi connectivity index (χ4n) is 0.0630. The van der Waals surface area contributed by atoms with Gasteiger partial charge in [0.25, 0.3) is 0 Å². The molecule has 0 unspecified atom stereocenters. The van der Waals surface area contributed by atoms with Crippen LogP contribution < -0.4 is 5.73 Å². The van der Waals surface area contributed by atoms with Crippen molar-refractivity contribution >= 4 is 15.9 Å². The number of rotatable bonds is 2. The molecular weight excluding hydrogens is 149 g/mol. The molecule has 0 amide bonds. The van der Waals surface area contributed by atoms with E-state index in [0.29, 0.717) is 5.33 Å². The summed E-state index contributed by atoms with van der Waals surface area (Å²) in [5.41, 5.74) is 4.88. The standard InChI is InChI=1S/C3H7BrFN/c4-1-3(5)2-6/h3H,1-2,6H2/t3-/m0/s1. The Morgan fingerprint density at radius 3 is 2.33 bits per heavy atom. The summed E-state index contributed by atoms with van der Waals surface area (Å²) in [6, 6.07) is 0. The molecule has 0 spiro atoms. The lowest BCUT2D eigenvalue weighted by Gasteiger charge is -1.93. The monoisotopic (exact) mass is 155 g/mol. The summed E-state index contributed by atoms with van der Waals surface area (Å²) in [6.07, 6.45) is -0.870. The minimum absolute atomic E-state index is 0.116. The van der Waals surface area contributed by atoms with Gasteiger partial charge in [0.2, 0.25) is 0 Å². The third-order valence-corrected chi connectivity index (χ3v) is 1.13. The van der Waals surface area contributed by atoms with E-state index in [4.69, 9.17) is 5.73 Å². The molecule has 0 aliphatic rings. The highest BCUT2D eigenvalue weighted by atomic mass is 79.9. The maximum Gasteiger partial charge on any atom is 0.122 e. The molecule has 0 aromatic carbocycles. The Hall–Kier alpha value is 0.370. The summed E-state index contributed by atoms with van der Waals surface area (Å²) in [7, 11) is 0. The van der Waals surface area contributed by atoms with Crippen LogP contribution in [0.25, 0.3) is 0 Å². The summed E-state index contributed by atoms with van der Waals surface area (Å²) in [6.45, 7) is 0.116. The Morgan fingerprint density at radius 1 is 1.83 bits per heavy atom. The van der Waals surface area contributed by atoms with E-state index in [2.05, 4.69) is 15.9 Å². The molecule has 1 nitrogen and oxygen atoms in total. The molecule has 3 heteroatoms. The van der Waals surface area contributed by atoms with Crippen LogP contribution in [0.5, 0.6) is 0 Å². The first-order chi connectivity index (χ1) is 2.81. The van der Waals surface area contributed by atoms with Gasteiger partial charge >= 0.3 is 0 Å². The highest BCUT2D eigenvalue weighted by molar-refractivity contribution is 9.09. The van der Waals surface area contributed by atoms with Crippen LogP contribution in [0, 0.1) is 0 Å². The molecule has 0 aromatic rings. The zero-order valence-corrected chi connectivity index (χ0v) is 4.91. The van der Waals surface area contributed by atoms with E-state index in [0.717, 1.165) is 0 Å². The Labute approximate surface area is 44.8 Å². The van der Waals surface area contributed by atoms with Crippen molar-refractivity contribution in [3.8, 4) is 0 Å². The fraction of sp³-hybridized carbons (Fsp3) is 1.00. The number of nitrogens with two attached hydrogens (primary N) is 1. The number of alkyl halides is 2. The highest BCUT2D eigenvalue weighted by Crippen LogP contribution is 1.90. The van der Waals surface area contributed by atoms with Crippen LogP contribution >= 0.6 is 15.9 Å². The number of halogens is 2. The van der Waals surface area contributed by atoms with Crippen molar-refractivity contribution in [3.63, 3.8) is 0 Å². The maximum absolute atomic E-state index is 11.7. The maximum atomic E-state index is 11.7. The van der Waals surface area contributed by atoms with E-state index in [1.807, 2.05) is 0 Å². The Bertz CT molecular complexity index is 30.0. The molecule has 2 N–H and O–H groups in total. The molecule has 0 rings (SSSR count). The molecule has 0 bridgehead atoms. The molecule has 0 aliphatic carbocycles. The van der Waals surface area contributed by atoms with Crippen molar-refractivity contribution in [2.45, 2.75) is 6.17 Å². The third kappa shape index (κ3) is 2.60. The molecule has 0 fully saturated rings. The van der Waals surface area contributed by atoms with Crippen molar-refractivity contribution in [1.82, 2.24) is 0 Å². The van der Waals surface area contributed by atoms with E-state index in [1.54, 1.807) is 0 Å². The highest BCUT2D eigenvalue weighted by Gasteiger charge is 1.95. The van der Waals surface area contributed by atoms with Crippen LogP contribution in [0.4, 0.5) is 4.39 Å². The van der Waals surface area contributed by atoms with Gasteiger partial charge in [-0.15, -0.1) is 0 Å². The lowest BCUT2D eigenvalue weighted by atomic mass is 10.5. The zero-order valence-electron chi connectivity index (χ0n) is 3.32. The summed E-state index contributed by atoms with van der Waals surface area (Å²) in [5.74, 6) is 0. The second-order valence-electron chi connectivity index (χ2n) is 0.987. The van der Waals surface area contributed by atoms with Crippen molar-refractivity contribution in [2.24, 2.45) is 5.73 Å². The molecule has 0 aromatic heterocycles. The fourth-order valence-corrected chi connectivity index (χ4v) is 0.327. The van der Waals surface area contributed by atoms with E-state index in [-0.39, 0.29) is 6.54 Å². The van der Waals surface area contributed by atoms with E-state index < -0.39 is 6.17 Å². The molecular formula is C3H7BrFN. The smallest absolute Gasteiger partial charge is 0.122 e. The Kier molecular flexibility index (Phi) is 3.78. The van der Waals surface area contributed by atoms with Crippen LogP contribution in [0.2, 0.25) is 0 Å². The summed E-state index contributed by atoms with van der Waals surface area (Å²) in [5, 5.41) is 0.351. The number of hydrogen-bond donors (Lipinski definition) is 1. The topological polar surface area (TPSA) is 26.0 Å². The summed E-state index contributed by atoms with van der Waals surface area (Å²) >= 11 is 2.92. The molecule has 0 radical (unpaired) electrons. The lowest BCUT2D eigenvalue weighted by Crippen LogP contribution is -2.15. The lowest BCUT2D eigenvalue weighted by molar-refractivity contribution is 0.378. The second-order valence-corrected chi connectivity index (χ2v) is 1.63. The predicted octanol–water partition coefficient (Wildman–Crippen LogP) is 0.678. The van der Waals surface area contributed by atoms with Gasteiger partial charge in [-0.3, -0.25) is 0 Å². The molecule has 0 heterocycles. The van der Waals surface area contributed by atoms with Gasteiger partial charge < -0.3 is 5.73 Å². The zero-order chi connectivity index (χ0) is 4.99. The van der Waals surface area contributed by atoms with Crippen LogP contribution in [-0.4, -0.2) is 18.0 Å². The Balaban J connectivity index is 2.75. The van der Waals surface area contributed by atoms with Crippen LogP contribution in [-0.2, 0) is 0 Å². The van der Waals surface area contributed by atoms with E-state index in [1.165, 1.54) is 0 Å². The second kappa shape index (κ2) is 3.56. The largest absolute Gasteiger partial charge is 0.328 e. The minimum Gasteiger partial charge on any atom is -0.328 e. The summed E-state index contributed by atoms with van der Waals surface area (Å²) in [4.78, 5) is 0. The van der Waals surface area contributed by atoms with Crippen molar-refractivity contribution in [1.29, 1.82) is 0 Å². The Morgan fingerprint density at radius 2 is 2.33 bits per heavy atom. The average molecular weight is 156 g/mol. The summed E-state index contributed by atoms with van der Waals surface area (Å²) < 4.78 is 11.7. The van der Waals surface area contributed by atoms with E-state index >= 15 is 0 Å². The van der Waals surface area contributed by atoms with Gasteiger partial charge in [-0.1, -0.05) is 15.9 Å². The van der Waals surface area contributed by atoms with Gasteiger partial charge in [-0.2, -0.15) is 0 Å². The molecule has 38 valence electrons. The predicted molar refractivity (Wildman–Crippen MR) is 27.7 cm³/mol. The molecule has 1 atom stereocenters. The van der Waals surface area contributed by atoms with Gasteiger partial charge in [-0.05, 0) is 0 Å². The van der Waals surface area contributed by atoms with Gasteiger partial charge in [0.1, 0.15) is 6.17 Å². The van der Waals surface area contributed by atoms with Crippen molar-refractivity contribution in [2.75, 3.05) is 11.9 Å². The van der Waals surface area contributed by atoms with Gasteiger partial charge in [0, 0.05) is 11.9 Å². The number of hydrogen-bond acceptors (Lipinski definition) is 1. The van der Waals surface area contributed by atoms with Crippen LogP contribution in [0.1, 0.15) is 0 Å². The molecule has 6 heavy (non-hydrogen) atoms. The first-order valence-corrected chi connectivity index (χ1v) is 2.83. The SMILES string of the molecule is NC[C@@H](F)CBr. The van der Waals surface area contributed by atoms with Crippen molar-refractivity contribution in [3.05, 3.63) is 0 Å². The average Bonchev–Trinajstić information content (AvgIpc) is 1.65.